The second-order valence-corrected chi connectivity index (χ2v) is 6.59. The lowest BCUT2D eigenvalue weighted by Crippen LogP contribution is -2.27. The zero-order chi connectivity index (χ0) is 18.6. The van der Waals surface area contributed by atoms with Crippen molar-refractivity contribution in [3.8, 4) is 5.75 Å². The Bertz CT molecular complexity index is 736. The fourth-order valence-electron chi connectivity index (χ4n) is 2.11. The predicted octanol–water partition coefficient (Wildman–Crippen LogP) is 3.91. The van der Waals surface area contributed by atoms with Gasteiger partial charge >= 0.3 is 6.09 Å². The molecule has 1 aromatic heterocycles. The van der Waals surface area contributed by atoms with E-state index in [0.717, 1.165) is 5.69 Å². The monoisotopic (exact) mass is 348 g/mol. The smallest absolute Gasteiger partial charge is 0.412 e. The molecule has 0 aliphatic carbocycles. The summed E-state index contributed by atoms with van der Waals surface area (Å²) in [6.45, 7) is 9.07. The van der Waals surface area contributed by atoms with E-state index in [4.69, 9.17) is 14.0 Å². The lowest BCUT2D eigenvalue weighted by atomic mass is 10.2. The number of ether oxygens (including phenoxy) is 2. The maximum atomic E-state index is 12.0. The number of hydrogen-bond donors (Lipinski definition) is 2. The van der Waals surface area contributed by atoms with Gasteiger partial charge in [0.2, 0.25) is 5.89 Å². The van der Waals surface area contributed by atoms with Crippen molar-refractivity contribution in [2.45, 2.75) is 46.3 Å². The zero-order valence-corrected chi connectivity index (χ0v) is 15.3. The van der Waals surface area contributed by atoms with E-state index in [1.54, 1.807) is 39.8 Å². The van der Waals surface area contributed by atoms with Gasteiger partial charge in [0.1, 0.15) is 17.4 Å². The molecule has 2 aromatic rings. The van der Waals surface area contributed by atoms with Crippen molar-refractivity contribution >= 4 is 17.5 Å². The fourth-order valence-corrected chi connectivity index (χ4v) is 2.11. The second-order valence-electron chi connectivity index (χ2n) is 6.59. The van der Waals surface area contributed by atoms with E-state index in [1.807, 2.05) is 13.0 Å². The molecule has 0 aliphatic rings. The standard InChI is InChI=1S/C17H24N4O4/c1-10(15-19-11(2)21-25-15)18-12-7-8-14(23-6)13(9-12)20-16(22)24-17(3,4)5/h7-10,18H,1-6H3,(H,20,22). The first-order valence-electron chi connectivity index (χ1n) is 7.92. The van der Waals surface area contributed by atoms with Crippen molar-refractivity contribution in [3.63, 3.8) is 0 Å². The number of carbonyl (C=O) groups excluding carboxylic acids is 1. The van der Waals surface area contributed by atoms with Gasteiger partial charge in [-0.3, -0.25) is 5.32 Å². The Morgan fingerprint density at radius 3 is 2.60 bits per heavy atom. The van der Waals surface area contributed by atoms with Crippen LogP contribution in [0.2, 0.25) is 0 Å². The van der Waals surface area contributed by atoms with E-state index in [1.165, 1.54) is 7.11 Å². The predicted molar refractivity (Wildman–Crippen MR) is 93.9 cm³/mol. The van der Waals surface area contributed by atoms with Crippen molar-refractivity contribution in [2.75, 3.05) is 17.7 Å². The van der Waals surface area contributed by atoms with Crippen LogP contribution in [0, 0.1) is 6.92 Å². The molecule has 0 fully saturated rings. The minimum absolute atomic E-state index is 0.191. The number of anilines is 2. The molecule has 0 saturated carbocycles. The number of hydrogen-bond acceptors (Lipinski definition) is 7. The first kappa shape index (κ1) is 18.6. The van der Waals surface area contributed by atoms with Crippen LogP contribution < -0.4 is 15.4 Å². The van der Waals surface area contributed by atoms with Crippen LogP contribution in [0.3, 0.4) is 0 Å². The molecule has 1 aromatic carbocycles. The summed E-state index contributed by atoms with van der Waals surface area (Å²) in [5, 5.41) is 9.72. The Morgan fingerprint density at radius 1 is 1.32 bits per heavy atom. The average Bonchev–Trinajstić information content (AvgIpc) is 2.92. The molecule has 0 bridgehead atoms. The van der Waals surface area contributed by atoms with E-state index in [0.29, 0.717) is 23.2 Å². The molecular formula is C17H24N4O4. The van der Waals surface area contributed by atoms with E-state index in [-0.39, 0.29) is 6.04 Å². The SMILES string of the molecule is COc1ccc(NC(C)c2nc(C)no2)cc1NC(=O)OC(C)(C)C. The van der Waals surface area contributed by atoms with E-state index < -0.39 is 11.7 Å². The Morgan fingerprint density at radius 2 is 2.04 bits per heavy atom. The quantitative estimate of drug-likeness (QED) is 0.845. The van der Waals surface area contributed by atoms with Gasteiger partial charge < -0.3 is 19.3 Å². The van der Waals surface area contributed by atoms with Crippen LogP contribution in [0.4, 0.5) is 16.2 Å². The number of rotatable bonds is 5. The number of nitrogens with one attached hydrogen (secondary N) is 2. The number of aromatic nitrogens is 2. The van der Waals surface area contributed by atoms with Crippen LogP contribution in [0.1, 0.15) is 45.5 Å². The Balaban J connectivity index is 2.14. The van der Waals surface area contributed by atoms with Gasteiger partial charge in [-0.25, -0.2) is 4.79 Å². The van der Waals surface area contributed by atoms with Crippen LogP contribution in [-0.2, 0) is 4.74 Å². The second kappa shape index (κ2) is 7.42. The number of carbonyl (C=O) groups is 1. The van der Waals surface area contributed by atoms with Gasteiger partial charge in [-0.1, -0.05) is 5.16 Å². The van der Waals surface area contributed by atoms with E-state index in [2.05, 4.69) is 20.8 Å². The molecule has 0 spiro atoms. The van der Waals surface area contributed by atoms with Crippen LogP contribution in [-0.4, -0.2) is 28.9 Å². The molecule has 1 amide bonds. The molecule has 1 atom stereocenters. The van der Waals surface area contributed by atoms with E-state index >= 15 is 0 Å². The number of methoxy groups -OCH3 is 1. The summed E-state index contributed by atoms with van der Waals surface area (Å²) in [5.74, 6) is 1.58. The van der Waals surface area contributed by atoms with E-state index in [9.17, 15) is 4.79 Å². The first-order valence-corrected chi connectivity index (χ1v) is 7.92. The van der Waals surface area contributed by atoms with Crippen molar-refractivity contribution in [1.29, 1.82) is 0 Å². The normalized spacial score (nSPS) is 12.4. The van der Waals surface area contributed by atoms with Crippen molar-refractivity contribution < 1.29 is 18.8 Å². The highest BCUT2D eigenvalue weighted by Crippen LogP contribution is 2.30. The maximum absolute atomic E-state index is 12.0. The summed E-state index contributed by atoms with van der Waals surface area (Å²) >= 11 is 0. The molecular weight excluding hydrogens is 324 g/mol. The Kier molecular flexibility index (Phi) is 5.51. The summed E-state index contributed by atoms with van der Waals surface area (Å²) in [5.41, 5.74) is 0.670. The van der Waals surface area contributed by atoms with Gasteiger partial charge in [-0.2, -0.15) is 4.98 Å². The number of benzene rings is 1. The molecule has 1 heterocycles. The lowest BCUT2D eigenvalue weighted by molar-refractivity contribution is 0.0635. The summed E-state index contributed by atoms with van der Waals surface area (Å²) in [4.78, 5) is 16.2. The Labute approximate surface area is 146 Å². The van der Waals surface area contributed by atoms with Crippen molar-refractivity contribution in [1.82, 2.24) is 10.1 Å². The molecule has 0 aliphatic heterocycles. The average molecular weight is 348 g/mol. The summed E-state index contributed by atoms with van der Waals surface area (Å²) in [6.07, 6.45) is -0.552. The molecule has 25 heavy (non-hydrogen) atoms. The third-order valence-corrected chi connectivity index (χ3v) is 3.13. The molecule has 8 heteroatoms. The highest BCUT2D eigenvalue weighted by molar-refractivity contribution is 5.88. The number of aryl methyl sites for hydroxylation is 1. The minimum atomic E-state index is -0.586. The van der Waals surface area contributed by atoms with Gasteiger partial charge in [0.05, 0.1) is 12.8 Å². The summed E-state index contributed by atoms with van der Waals surface area (Å²) in [6, 6.07) is 5.14. The first-order chi connectivity index (χ1) is 11.7. The minimum Gasteiger partial charge on any atom is -0.495 e. The summed E-state index contributed by atoms with van der Waals surface area (Å²) in [7, 11) is 1.53. The largest absolute Gasteiger partial charge is 0.495 e. The zero-order valence-electron chi connectivity index (χ0n) is 15.3. The van der Waals surface area contributed by atoms with Gasteiger partial charge in [0, 0.05) is 5.69 Å². The number of nitrogens with zero attached hydrogens (tertiary/aromatic N) is 2. The Hall–Kier alpha value is -2.77. The highest BCUT2D eigenvalue weighted by atomic mass is 16.6. The van der Waals surface area contributed by atoms with Crippen molar-refractivity contribution in [2.24, 2.45) is 0 Å². The highest BCUT2D eigenvalue weighted by Gasteiger charge is 2.18. The maximum Gasteiger partial charge on any atom is 0.412 e. The fraction of sp³-hybridized carbons (Fsp3) is 0.471. The molecule has 2 N–H and O–H groups in total. The van der Waals surface area contributed by atoms with Gasteiger partial charge in [-0.05, 0) is 52.8 Å². The third kappa shape index (κ3) is 5.37. The van der Waals surface area contributed by atoms with Crippen LogP contribution >= 0.6 is 0 Å². The summed E-state index contributed by atoms with van der Waals surface area (Å²) < 4.78 is 15.7. The van der Waals surface area contributed by atoms with Crippen LogP contribution in [0.15, 0.2) is 22.7 Å². The molecule has 8 nitrogen and oxygen atoms in total. The van der Waals surface area contributed by atoms with Gasteiger partial charge in [0.15, 0.2) is 5.82 Å². The van der Waals surface area contributed by atoms with Gasteiger partial charge in [0.25, 0.3) is 0 Å². The molecule has 0 saturated heterocycles. The molecule has 0 radical (unpaired) electrons. The van der Waals surface area contributed by atoms with Crippen LogP contribution in [0.5, 0.6) is 5.75 Å². The molecule has 136 valence electrons. The third-order valence-electron chi connectivity index (χ3n) is 3.13. The van der Waals surface area contributed by atoms with Crippen molar-refractivity contribution in [3.05, 3.63) is 29.9 Å². The number of amides is 1. The topological polar surface area (TPSA) is 98.5 Å². The lowest BCUT2D eigenvalue weighted by Gasteiger charge is -2.21. The van der Waals surface area contributed by atoms with Crippen LogP contribution in [0.25, 0.3) is 0 Å². The molecule has 1 unspecified atom stereocenters. The van der Waals surface area contributed by atoms with Gasteiger partial charge in [-0.15, -0.1) is 0 Å². The molecule has 2 rings (SSSR count).